The predicted molar refractivity (Wildman–Crippen MR) is 74.8 cm³/mol. The van der Waals surface area contributed by atoms with Crippen LogP contribution in [0, 0.1) is 6.92 Å². The first-order valence-corrected chi connectivity index (χ1v) is 6.29. The molecule has 0 aliphatic carbocycles. The molecule has 5 nitrogen and oxygen atoms in total. The van der Waals surface area contributed by atoms with Crippen molar-refractivity contribution in [2.45, 2.75) is 26.7 Å². The van der Waals surface area contributed by atoms with E-state index in [1.54, 1.807) is 6.20 Å². The van der Waals surface area contributed by atoms with Gasteiger partial charge in [0.15, 0.2) is 5.84 Å². The quantitative estimate of drug-likeness (QED) is 0.382. The fourth-order valence-electron chi connectivity index (χ4n) is 2.19. The molecule has 0 atom stereocenters. The lowest BCUT2D eigenvalue weighted by Gasteiger charge is -2.15. The van der Waals surface area contributed by atoms with E-state index in [1.165, 1.54) is 0 Å². The second-order valence-electron chi connectivity index (χ2n) is 4.42. The minimum Gasteiger partial charge on any atom is -0.409 e. The second kappa shape index (κ2) is 5.56. The molecule has 19 heavy (non-hydrogen) atoms. The Bertz CT molecular complexity index is 601. The Labute approximate surface area is 112 Å². The van der Waals surface area contributed by atoms with Crippen LogP contribution in [0.2, 0.25) is 0 Å². The van der Waals surface area contributed by atoms with E-state index in [4.69, 9.17) is 10.9 Å². The fourth-order valence-corrected chi connectivity index (χ4v) is 2.19. The molecule has 0 aliphatic rings. The molecule has 0 saturated carbocycles. The topological polar surface area (TPSA) is 76.4 Å². The summed E-state index contributed by atoms with van der Waals surface area (Å²) < 4.78 is 2.01. The molecule has 0 radical (unpaired) electrons. The van der Waals surface area contributed by atoms with E-state index < -0.39 is 0 Å². The van der Waals surface area contributed by atoms with E-state index in [2.05, 4.69) is 17.1 Å². The number of hydrogen-bond donors (Lipinski definition) is 2. The molecule has 0 amide bonds. The zero-order chi connectivity index (χ0) is 13.8. The summed E-state index contributed by atoms with van der Waals surface area (Å²) in [6.45, 7) is 4.11. The predicted octanol–water partition coefficient (Wildman–Crippen LogP) is 2.23. The van der Waals surface area contributed by atoms with Crippen LogP contribution in [-0.2, 0) is 6.42 Å². The third-order valence-corrected chi connectivity index (χ3v) is 3.05. The minimum atomic E-state index is 0.106. The maximum absolute atomic E-state index is 8.91. The monoisotopic (exact) mass is 258 g/mol. The van der Waals surface area contributed by atoms with Gasteiger partial charge in [-0.1, -0.05) is 24.2 Å². The number of hydrogen-bond acceptors (Lipinski definition) is 3. The van der Waals surface area contributed by atoms with Crippen molar-refractivity contribution in [1.82, 2.24) is 9.55 Å². The largest absolute Gasteiger partial charge is 0.409 e. The van der Waals surface area contributed by atoms with Gasteiger partial charge in [-0.05, 0) is 25.0 Å². The molecule has 0 bridgehead atoms. The number of rotatable bonds is 4. The molecule has 100 valence electrons. The van der Waals surface area contributed by atoms with Gasteiger partial charge in [-0.2, -0.15) is 0 Å². The number of aryl methyl sites for hydroxylation is 2. The molecule has 5 heteroatoms. The SMILES string of the molecule is CCCc1nccn1-c1c(C)cccc1/C(N)=N/O. The number of amidine groups is 1. The highest BCUT2D eigenvalue weighted by molar-refractivity contribution is 6.00. The Kier molecular flexibility index (Phi) is 3.85. The fraction of sp³-hybridized carbons (Fsp3) is 0.286. The van der Waals surface area contributed by atoms with Crippen LogP contribution in [0.4, 0.5) is 0 Å². The van der Waals surface area contributed by atoms with Crippen LogP contribution < -0.4 is 5.73 Å². The van der Waals surface area contributed by atoms with E-state index in [9.17, 15) is 0 Å². The summed E-state index contributed by atoms with van der Waals surface area (Å²) in [7, 11) is 0. The summed E-state index contributed by atoms with van der Waals surface area (Å²) >= 11 is 0. The Morgan fingerprint density at radius 3 is 2.95 bits per heavy atom. The molecular formula is C14H18N4O. The minimum absolute atomic E-state index is 0.106. The van der Waals surface area contributed by atoms with E-state index in [0.717, 1.165) is 29.9 Å². The second-order valence-corrected chi connectivity index (χ2v) is 4.42. The van der Waals surface area contributed by atoms with Crippen LogP contribution in [0.25, 0.3) is 5.69 Å². The molecule has 1 heterocycles. The maximum Gasteiger partial charge on any atom is 0.172 e. The summed E-state index contributed by atoms with van der Waals surface area (Å²) in [5.74, 6) is 1.08. The van der Waals surface area contributed by atoms with Crippen molar-refractivity contribution in [1.29, 1.82) is 0 Å². The third kappa shape index (κ3) is 2.45. The smallest absolute Gasteiger partial charge is 0.172 e. The highest BCUT2D eigenvalue weighted by atomic mass is 16.4. The van der Waals surface area contributed by atoms with Gasteiger partial charge in [0.1, 0.15) is 5.82 Å². The van der Waals surface area contributed by atoms with E-state index in [-0.39, 0.29) is 5.84 Å². The number of para-hydroxylation sites is 1. The van der Waals surface area contributed by atoms with Crippen LogP contribution in [0.3, 0.4) is 0 Å². The van der Waals surface area contributed by atoms with E-state index in [0.29, 0.717) is 5.56 Å². The third-order valence-electron chi connectivity index (χ3n) is 3.05. The van der Waals surface area contributed by atoms with Crippen molar-refractivity contribution in [3.05, 3.63) is 47.5 Å². The normalized spacial score (nSPS) is 11.8. The van der Waals surface area contributed by atoms with Crippen molar-refractivity contribution in [2.24, 2.45) is 10.9 Å². The number of aromatic nitrogens is 2. The molecule has 1 aromatic carbocycles. The van der Waals surface area contributed by atoms with Gasteiger partial charge in [0.25, 0.3) is 0 Å². The molecule has 2 rings (SSSR count). The molecule has 2 aromatic rings. The van der Waals surface area contributed by atoms with Crippen molar-refractivity contribution in [2.75, 3.05) is 0 Å². The van der Waals surface area contributed by atoms with Gasteiger partial charge < -0.3 is 15.5 Å². The maximum atomic E-state index is 8.91. The van der Waals surface area contributed by atoms with E-state index in [1.807, 2.05) is 35.9 Å². The Morgan fingerprint density at radius 2 is 2.26 bits per heavy atom. The summed E-state index contributed by atoms with van der Waals surface area (Å²) in [4.78, 5) is 4.37. The Morgan fingerprint density at radius 1 is 1.47 bits per heavy atom. The summed E-state index contributed by atoms with van der Waals surface area (Å²) in [6.07, 6.45) is 5.58. The zero-order valence-electron chi connectivity index (χ0n) is 11.2. The summed E-state index contributed by atoms with van der Waals surface area (Å²) in [5, 5.41) is 12.0. The first-order valence-electron chi connectivity index (χ1n) is 6.29. The van der Waals surface area contributed by atoms with Crippen LogP contribution >= 0.6 is 0 Å². The molecule has 3 N–H and O–H groups in total. The van der Waals surface area contributed by atoms with Crippen LogP contribution in [0.15, 0.2) is 35.7 Å². The van der Waals surface area contributed by atoms with Crippen molar-refractivity contribution in [3.8, 4) is 5.69 Å². The van der Waals surface area contributed by atoms with Crippen molar-refractivity contribution >= 4 is 5.84 Å². The van der Waals surface area contributed by atoms with Crippen molar-refractivity contribution in [3.63, 3.8) is 0 Å². The lowest BCUT2D eigenvalue weighted by molar-refractivity contribution is 0.318. The molecule has 0 fully saturated rings. The average Bonchev–Trinajstić information content (AvgIpc) is 2.86. The van der Waals surface area contributed by atoms with Gasteiger partial charge >= 0.3 is 0 Å². The van der Waals surface area contributed by atoms with Crippen molar-refractivity contribution < 1.29 is 5.21 Å². The number of benzene rings is 1. The van der Waals surface area contributed by atoms with Gasteiger partial charge in [0.05, 0.1) is 5.69 Å². The highest BCUT2D eigenvalue weighted by Crippen LogP contribution is 2.21. The summed E-state index contributed by atoms with van der Waals surface area (Å²) in [6, 6.07) is 5.73. The van der Waals surface area contributed by atoms with Crippen LogP contribution in [0.1, 0.15) is 30.3 Å². The van der Waals surface area contributed by atoms with Gasteiger partial charge in [-0.3, -0.25) is 0 Å². The van der Waals surface area contributed by atoms with Gasteiger partial charge in [0.2, 0.25) is 0 Å². The van der Waals surface area contributed by atoms with Crippen LogP contribution in [0.5, 0.6) is 0 Å². The number of imidazole rings is 1. The lowest BCUT2D eigenvalue weighted by atomic mass is 10.1. The average molecular weight is 258 g/mol. The highest BCUT2D eigenvalue weighted by Gasteiger charge is 2.14. The molecule has 0 aliphatic heterocycles. The van der Waals surface area contributed by atoms with Gasteiger partial charge in [-0.25, -0.2) is 4.98 Å². The first-order chi connectivity index (χ1) is 9.19. The van der Waals surface area contributed by atoms with E-state index >= 15 is 0 Å². The van der Waals surface area contributed by atoms with Gasteiger partial charge in [0, 0.05) is 24.4 Å². The molecule has 1 aromatic heterocycles. The molecule has 0 unspecified atom stereocenters. The number of nitrogens with zero attached hydrogens (tertiary/aromatic N) is 3. The molecule has 0 saturated heterocycles. The molecular weight excluding hydrogens is 240 g/mol. The van der Waals surface area contributed by atoms with Crippen LogP contribution in [-0.4, -0.2) is 20.6 Å². The Hall–Kier alpha value is -2.30. The lowest BCUT2D eigenvalue weighted by Crippen LogP contribution is -2.17. The zero-order valence-corrected chi connectivity index (χ0v) is 11.2. The molecule has 0 spiro atoms. The summed E-state index contributed by atoms with van der Waals surface area (Å²) in [5.41, 5.74) is 8.44. The first kappa shape index (κ1) is 13.1. The Balaban J connectivity index is 2.64. The number of oxime groups is 1. The standard InChI is InChI=1S/C14H18N4O/c1-3-5-12-16-8-9-18(12)13-10(2)6-4-7-11(13)14(15)17-19/h4,6-9,19H,3,5H2,1-2H3,(H2,15,17). The number of nitrogens with two attached hydrogens (primary N) is 1. The van der Waals surface area contributed by atoms with Gasteiger partial charge in [-0.15, -0.1) is 0 Å².